The highest BCUT2D eigenvalue weighted by molar-refractivity contribution is 4.75. The third-order valence-electron chi connectivity index (χ3n) is 1.10. The summed E-state index contributed by atoms with van der Waals surface area (Å²) in [4.78, 5) is 0. The van der Waals surface area contributed by atoms with Crippen molar-refractivity contribution in [1.29, 1.82) is 0 Å². The molecule has 1 saturated heterocycles. The average molecular weight is 130 g/mol. The summed E-state index contributed by atoms with van der Waals surface area (Å²) >= 11 is 0. The van der Waals surface area contributed by atoms with Gasteiger partial charge in [-0.2, -0.15) is 0 Å². The van der Waals surface area contributed by atoms with Crippen LogP contribution in [0.15, 0.2) is 12.7 Å². The zero-order valence-electron chi connectivity index (χ0n) is 5.12. The molecule has 0 spiro atoms. The standard InChI is InChI=1S/C6H10O3/c1-2-6-8-3-5(7)4-9-6/h2,5-7H,1,3-4H2/t5-,6+. The Morgan fingerprint density at radius 3 is 2.44 bits per heavy atom. The SMILES string of the molecule is C=C[C@H]1OC[C@@H](O)CO1. The van der Waals surface area contributed by atoms with E-state index < -0.39 is 6.10 Å². The molecule has 3 heteroatoms. The quantitative estimate of drug-likeness (QED) is 0.504. The molecule has 0 bridgehead atoms. The maximum atomic E-state index is 8.84. The minimum absolute atomic E-state index is 0.326. The molecule has 1 fully saturated rings. The van der Waals surface area contributed by atoms with Gasteiger partial charge < -0.3 is 14.6 Å². The molecule has 0 aromatic carbocycles. The number of ether oxygens (including phenoxy) is 2. The first-order valence-electron chi connectivity index (χ1n) is 2.87. The highest BCUT2D eigenvalue weighted by Crippen LogP contribution is 2.04. The van der Waals surface area contributed by atoms with E-state index in [4.69, 9.17) is 14.6 Å². The number of rotatable bonds is 1. The minimum Gasteiger partial charge on any atom is -0.388 e. The number of hydrogen-bond acceptors (Lipinski definition) is 3. The van der Waals surface area contributed by atoms with Crippen LogP contribution in [0.25, 0.3) is 0 Å². The molecule has 9 heavy (non-hydrogen) atoms. The minimum atomic E-state index is -0.471. The summed E-state index contributed by atoms with van der Waals surface area (Å²) in [5, 5.41) is 8.84. The monoisotopic (exact) mass is 130 g/mol. The van der Waals surface area contributed by atoms with Crippen LogP contribution in [-0.4, -0.2) is 30.7 Å². The van der Waals surface area contributed by atoms with Crippen LogP contribution < -0.4 is 0 Å². The second kappa shape index (κ2) is 2.96. The van der Waals surface area contributed by atoms with Gasteiger partial charge in [0.05, 0.1) is 13.2 Å². The third-order valence-corrected chi connectivity index (χ3v) is 1.10. The van der Waals surface area contributed by atoms with E-state index in [2.05, 4.69) is 6.58 Å². The normalized spacial score (nSPS) is 36.1. The summed E-state index contributed by atoms with van der Waals surface area (Å²) in [6, 6.07) is 0. The van der Waals surface area contributed by atoms with Gasteiger partial charge in [0.2, 0.25) is 0 Å². The molecule has 0 unspecified atom stereocenters. The van der Waals surface area contributed by atoms with Gasteiger partial charge in [-0.25, -0.2) is 0 Å². The van der Waals surface area contributed by atoms with E-state index in [9.17, 15) is 0 Å². The van der Waals surface area contributed by atoms with Crippen LogP contribution in [0.5, 0.6) is 0 Å². The molecule has 1 N–H and O–H groups in total. The van der Waals surface area contributed by atoms with Crippen molar-refractivity contribution < 1.29 is 14.6 Å². The van der Waals surface area contributed by atoms with Crippen LogP contribution >= 0.6 is 0 Å². The zero-order valence-corrected chi connectivity index (χ0v) is 5.12. The van der Waals surface area contributed by atoms with E-state index in [1.807, 2.05) is 0 Å². The lowest BCUT2D eigenvalue weighted by Crippen LogP contribution is -2.34. The van der Waals surface area contributed by atoms with Gasteiger partial charge in [-0.1, -0.05) is 6.58 Å². The molecule has 0 saturated carbocycles. The fourth-order valence-electron chi connectivity index (χ4n) is 0.644. The fourth-order valence-corrected chi connectivity index (χ4v) is 0.644. The van der Waals surface area contributed by atoms with Crippen LogP contribution in [0.3, 0.4) is 0 Å². The summed E-state index contributed by atoms with van der Waals surface area (Å²) in [6.45, 7) is 4.17. The lowest BCUT2D eigenvalue weighted by atomic mass is 10.4. The third kappa shape index (κ3) is 1.78. The summed E-state index contributed by atoms with van der Waals surface area (Å²) in [5.74, 6) is 0. The molecular formula is C6H10O3. The van der Waals surface area contributed by atoms with Crippen molar-refractivity contribution in [3.8, 4) is 0 Å². The summed E-state index contributed by atoms with van der Waals surface area (Å²) in [6.07, 6.45) is 0.765. The van der Waals surface area contributed by atoms with Crippen molar-refractivity contribution in [2.45, 2.75) is 12.4 Å². The molecule has 0 atom stereocenters. The highest BCUT2D eigenvalue weighted by Gasteiger charge is 2.16. The number of hydrogen-bond donors (Lipinski definition) is 1. The average Bonchev–Trinajstić information content (AvgIpc) is 1.90. The molecular weight excluding hydrogens is 120 g/mol. The van der Waals surface area contributed by atoms with Crippen molar-refractivity contribution in [2.75, 3.05) is 13.2 Å². The van der Waals surface area contributed by atoms with Crippen molar-refractivity contribution in [1.82, 2.24) is 0 Å². The van der Waals surface area contributed by atoms with Gasteiger partial charge in [0.1, 0.15) is 6.10 Å². The second-order valence-electron chi connectivity index (χ2n) is 1.92. The van der Waals surface area contributed by atoms with Gasteiger partial charge >= 0.3 is 0 Å². The van der Waals surface area contributed by atoms with E-state index in [-0.39, 0.29) is 6.29 Å². The fraction of sp³-hybridized carbons (Fsp3) is 0.667. The molecule has 0 amide bonds. The van der Waals surface area contributed by atoms with Gasteiger partial charge in [-0.15, -0.1) is 0 Å². The first-order valence-corrected chi connectivity index (χ1v) is 2.87. The van der Waals surface area contributed by atoms with Crippen LogP contribution in [0.4, 0.5) is 0 Å². The molecule has 1 heterocycles. The Morgan fingerprint density at radius 2 is 2.00 bits per heavy atom. The summed E-state index contributed by atoms with van der Waals surface area (Å²) in [5.41, 5.74) is 0. The second-order valence-corrected chi connectivity index (χ2v) is 1.92. The predicted molar refractivity (Wildman–Crippen MR) is 31.9 cm³/mol. The maximum Gasteiger partial charge on any atom is 0.176 e. The van der Waals surface area contributed by atoms with Gasteiger partial charge in [0.25, 0.3) is 0 Å². The van der Waals surface area contributed by atoms with E-state index in [1.165, 1.54) is 0 Å². The maximum absolute atomic E-state index is 8.84. The van der Waals surface area contributed by atoms with Crippen molar-refractivity contribution >= 4 is 0 Å². The highest BCUT2D eigenvalue weighted by atomic mass is 16.7. The van der Waals surface area contributed by atoms with Gasteiger partial charge in [-0.3, -0.25) is 0 Å². The van der Waals surface area contributed by atoms with Gasteiger partial charge in [0, 0.05) is 0 Å². The van der Waals surface area contributed by atoms with Crippen LogP contribution in [-0.2, 0) is 9.47 Å². The van der Waals surface area contributed by atoms with Crippen LogP contribution in [0.1, 0.15) is 0 Å². The van der Waals surface area contributed by atoms with E-state index >= 15 is 0 Å². The number of aliphatic hydroxyl groups is 1. The molecule has 0 radical (unpaired) electrons. The zero-order chi connectivity index (χ0) is 6.69. The Kier molecular flexibility index (Phi) is 2.22. The van der Waals surface area contributed by atoms with Gasteiger partial charge in [0.15, 0.2) is 6.29 Å². The smallest absolute Gasteiger partial charge is 0.176 e. The van der Waals surface area contributed by atoms with Gasteiger partial charge in [-0.05, 0) is 6.08 Å². The molecule has 3 nitrogen and oxygen atoms in total. The molecule has 1 rings (SSSR count). The Hall–Kier alpha value is -0.380. The summed E-state index contributed by atoms with van der Waals surface area (Å²) < 4.78 is 9.90. The van der Waals surface area contributed by atoms with E-state index in [0.29, 0.717) is 13.2 Å². The molecule has 0 aliphatic carbocycles. The largest absolute Gasteiger partial charge is 0.388 e. The lowest BCUT2D eigenvalue weighted by molar-refractivity contribution is -0.192. The molecule has 1 aliphatic rings. The summed E-state index contributed by atoms with van der Waals surface area (Å²) in [7, 11) is 0. The Balaban J connectivity index is 2.26. The molecule has 0 aromatic heterocycles. The van der Waals surface area contributed by atoms with Crippen LogP contribution in [0.2, 0.25) is 0 Å². The first kappa shape index (κ1) is 6.74. The lowest BCUT2D eigenvalue weighted by Gasteiger charge is -2.23. The van der Waals surface area contributed by atoms with Crippen molar-refractivity contribution in [2.24, 2.45) is 0 Å². The Labute approximate surface area is 53.9 Å². The van der Waals surface area contributed by atoms with Crippen LogP contribution in [0, 0.1) is 0 Å². The Bertz CT molecular complexity index is 94.5. The molecule has 0 aromatic rings. The van der Waals surface area contributed by atoms with Crippen molar-refractivity contribution in [3.63, 3.8) is 0 Å². The molecule has 52 valence electrons. The van der Waals surface area contributed by atoms with Crippen molar-refractivity contribution in [3.05, 3.63) is 12.7 Å². The first-order chi connectivity index (χ1) is 4.33. The molecule has 1 aliphatic heterocycles. The van der Waals surface area contributed by atoms with E-state index in [0.717, 1.165) is 0 Å². The predicted octanol–water partition coefficient (Wildman–Crippen LogP) is -0.0938. The Morgan fingerprint density at radius 1 is 1.44 bits per heavy atom. The van der Waals surface area contributed by atoms with E-state index in [1.54, 1.807) is 6.08 Å². The topological polar surface area (TPSA) is 38.7 Å². The number of aliphatic hydroxyl groups excluding tert-OH is 1.